The van der Waals surface area contributed by atoms with E-state index in [9.17, 15) is 10.1 Å². The molecule has 0 fully saturated rings. The van der Waals surface area contributed by atoms with Gasteiger partial charge in [0.2, 0.25) is 5.75 Å². The van der Waals surface area contributed by atoms with Crippen LogP contribution >= 0.6 is 0 Å². The smallest absolute Gasteiger partial charge is 0.273 e. The average Bonchev–Trinajstić information content (AvgIpc) is 2.47. The van der Waals surface area contributed by atoms with E-state index in [1.54, 1.807) is 0 Å². The van der Waals surface area contributed by atoms with Crippen molar-refractivity contribution in [1.29, 1.82) is 0 Å². The van der Waals surface area contributed by atoms with Crippen LogP contribution in [0.2, 0.25) is 0 Å². The van der Waals surface area contributed by atoms with Gasteiger partial charge < -0.3 is 19.9 Å². The van der Waals surface area contributed by atoms with E-state index < -0.39 is 4.92 Å². The Balaban J connectivity index is 2.45. The van der Waals surface area contributed by atoms with Gasteiger partial charge in [-0.05, 0) is 6.07 Å². The van der Waals surface area contributed by atoms with Gasteiger partial charge in [0.1, 0.15) is 6.33 Å². The number of nitrogen functional groups attached to an aromatic ring is 1. The van der Waals surface area contributed by atoms with Crippen molar-refractivity contribution in [2.45, 2.75) is 0 Å². The standard InChI is InChI=1S/C12H12N4O5/c1-19-8-4-3-7(16(17)18)5-9(8)21-12-10(20-2)11(13)14-6-15-12/h3-6H,1-2H3,(H2,13,14,15). The molecular formula is C12H12N4O5. The van der Waals surface area contributed by atoms with Crippen LogP contribution in [-0.2, 0) is 0 Å². The number of anilines is 1. The van der Waals surface area contributed by atoms with Gasteiger partial charge in [-0.15, -0.1) is 0 Å². The van der Waals surface area contributed by atoms with Crippen molar-refractivity contribution in [3.8, 4) is 23.1 Å². The first-order valence-corrected chi connectivity index (χ1v) is 5.71. The van der Waals surface area contributed by atoms with Gasteiger partial charge in [-0.2, -0.15) is 4.98 Å². The molecule has 0 radical (unpaired) electrons. The van der Waals surface area contributed by atoms with Crippen LogP contribution in [0.15, 0.2) is 24.5 Å². The monoisotopic (exact) mass is 292 g/mol. The number of nitro benzene ring substituents is 1. The normalized spacial score (nSPS) is 10.0. The van der Waals surface area contributed by atoms with E-state index in [4.69, 9.17) is 19.9 Å². The molecule has 1 aromatic heterocycles. The van der Waals surface area contributed by atoms with Gasteiger partial charge in [0, 0.05) is 6.07 Å². The van der Waals surface area contributed by atoms with E-state index in [1.165, 1.54) is 38.7 Å². The molecule has 0 aliphatic carbocycles. The van der Waals surface area contributed by atoms with E-state index in [-0.39, 0.29) is 28.9 Å². The van der Waals surface area contributed by atoms with Crippen molar-refractivity contribution in [1.82, 2.24) is 9.97 Å². The van der Waals surface area contributed by atoms with Crippen molar-refractivity contribution in [2.75, 3.05) is 20.0 Å². The average molecular weight is 292 g/mol. The van der Waals surface area contributed by atoms with Crippen LogP contribution in [0.3, 0.4) is 0 Å². The van der Waals surface area contributed by atoms with E-state index in [2.05, 4.69) is 9.97 Å². The van der Waals surface area contributed by atoms with Crippen molar-refractivity contribution in [3.05, 3.63) is 34.6 Å². The summed E-state index contributed by atoms with van der Waals surface area (Å²) in [5.74, 6) is 0.671. The molecule has 0 saturated carbocycles. The maximum absolute atomic E-state index is 10.8. The molecule has 0 unspecified atom stereocenters. The summed E-state index contributed by atoms with van der Waals surface area (Å²) in [6.07, 6.45) is 1.19. The molecule has 9 heteroatoms. The summed E-state index contributed by atoms with van der Waals surface area (Å²) in [6, 6.07) is 3.94. The highest BCUT2D eigenvalue weighted by Gasteiger charge is 2.17. The third-order valence-corrected chi connectivity index (χ3v) is 2.57. The quantitative estimate of drug-likeness (QED) is 0.653. The van der Waals surface area contributed by atoms with Crippen molar-refractivity contribution >= 4 is 11.5 Å². The van der Waals surface area contributed by atoms with Crippen LogP contribution in [0.4, 0.5) is 11.5 Å². The molecule has 21 heavy (non-hydrogen) atoms. The summed E-state index contributed by atoms with van der Waals surface area (Å²) in [5.41, 5.74) is 5.49. The number of ether oxygens (including phenoxy) is 3. The minimum atomic E-state index is -0.544. The van der Waals surface area contributed by atoms with Crippen molar-refractivity contribution < 1.29 is 19.1 Å². The first-order chi connectivity index (χ1) is 10.1. The maximum atomic E-state index is 10.8. The van der Waals surface area contributed by atoms with Crippen LogP contribution in [0, 0.1) is 10.1 Å². The molecule has 9 nitrogen and oxygen atoms in total. The number of benzene rings is 1. The molecule has 0 saturated heterocycles. The zero-order valence-corrected chi connectivity index (χ0v) is 11.3. The summed E-state index contributed by atoms with van der Waals surface area (Å²) in [5, 5.41) is 10.8. The van der Waals surface area contributed by atoms with Gasteiger partial charge in [0.25, 0.3) is 11.6 Å². The second kappa shape index (κ2) is 5.90. The lowest BCUT2D eigenvalue weighted by Crippen LogP contribution is -2.01. The van der Waals surface area contributed by atoms with E-state index in [1.807, 2.05) is 0 Å². The molecule has 2 rings (SSSR count). The first-order valence-electron chi connectivity index (χ1n) is 5.71. The molecule has 2 N–H and O–H groups in total. The molecule has 1 heterocycles. The molecule has 0 bridgehead atoms. The van der Waals surface area contributed by atoms with Crippen LogP contribution in [-0.4, -0.2) is 29.1 Å². The van der Waals surface area contributed by atoms with Gasteiger partial charge in [-0.3, -0.25) is 10.1 Å². The van der Waals surface area contributed by atoms with E-state index in [0.29, 0.717) is 5.75 Å². The van der Waals surface area contributed by atoms with Gasteiger partial charge in [-0.25, -0.2) is 4.98 Å². The predicted molar refractivity (Wildman–Crippen MR) is 72.7 cm³/mol. The second-order valence-corrected chi connectivity index (χ2v) is 3.79. The van der Waals surface area contributed by atoms with Crippen LogP contribution < -0.4 is 19.9 Å². The number of aromatic nitrogens is 2. The molecule has 0 amide bonds. The fraction of sp³-hybridized carbons (Fsp3) is 0.167. The Labute approximate surface area is 119 Å². The van der Waals surface area contributed by atoms with Gasteiger partial charge in [-0.1, -0.05) is 0 Å². The van der Waals surface area contributed by atoms with Gasteiger partial charge in [0.05, 0.1) is 25.2 Å². The molecule has 110 valence electrons. The fourth-order valence-electron chi connectivity index (χ4n) is 1.60. The Morgan fingerprint density at radius 3 is 2.57 bits per heavy atom. The minimum Gasteiger partial charge on any atom is -0.493 e. The molecule has 2 aromatic rings. The third kappa shape index (κ3) is 2.91. The molecule has 1 aromatic carbocycles. The molecule has 0 aliphatic heterocycles. The van der Waals surface area contributed by atoms with E-state index in [0.717, 1.165) is 0 Å². The number of nitro groups is 1. The Morgan fingerprint density at radius 1 is 1.19 bits per heavy atom. The van der Waals surface area contributed by atoms with Gasteiger partial charge in [0.15, 0.2) is 17.3 Å². The highest BCUT2D eigenvalue weighted by Crippen LogP contribution is 2.38. The lowest BCUT2D eigenvalue weighted by atomic mass is 10.3. The predicted octanol–water partition coefficient (Wildman–Crippen LogP) is 1.78. The summed E-state index contributed by atoms with van der Waals surface area (Å²) in [7, 11) is 2.80. The topological polar surface area (TPSA) is 123 Å². The molecular weight excluding hydrogens is 280 g/mol. The number of nitrogens with two attached hydrogens (primary N) is 1. The Hall–Kier alpha value is -3.10. The van der Waals surface area contributed by atoms with Gasteiger partial charge >= 0.3 is 0 Å². The highest BCUT2D eigenvalue weighted by molar-refractivity contribution is 5.55. The Bertz CT molecular complexity index is 677. The zero-order valence-electron chi connectivity index (χ0n) is 11.3. The number of hydrogen-bond acceptors (Lipinski definition) is 8. The Morgan fingerprint density at radius 2 is 1.95 bits per heavy atom. The zero-order chi connectivity index (χ0) is 15.4. The van der Waals surface area contributed by atoms with Crippen LogP contribution in [0.5, 0.6) is 23.1 Å². The first kappa shape index (κ1) is 14.3. The fourth-order valence-corrected chi connectivity index (χ4v) is 1.60. The van der Waals surface area contributed by atoms with Crippen molar-refractivity contribution in [3.63, 3.8) is 0 Å². The molecule has 0 spiro atoms. The third-order valence-electron chi connectivity index (χ3n) is 2.57. The summed E-state index contributed by atoms with van der Waals surface area (Å²) in [4.78, 5) is 17.9. The number of nitrogens with zero attached hydrogens (tertiary/aromatic N) is 3. The van der Waals surface area contributed by atoms with Crippen LogP contribution in [0.1, 0.15) is 0 Å². The second-order valence-electron chi connectivity index (χ2n) is 3.79. The highest BCUT2D eigenvalue weighted by atomic mass is 16.6. The number of rotatable bonds is 5. The summed E-state index contributed by atoms with van der Waals surface area (Å²) < 4.78 is 15.7. The summed E-state index contributed by atoms with van der Waals surface area (Å²) >= 11 is 0. The lowest BCUT2D eigenvalue weighted by molar-refractivity contribution is -0.384. The van der Waals surface area contributed by atoms with Crippen LogP contribution in [0.25, 0.3) is 0 Å². The minimum absolute atomic E-state index is 0.0313. The van der Waals surface area contributed by atoms with Crippen molar-refractivity contribution in [2.24, 2.45) is 0 Å². The van der Waals surface area contributed by atoms with E-state index >= 15 is 0 Å². The molecule has 0 atom stereocenters. The Kier molecular flexibility index (Phi) is 4.02. The summed E-state index contributed by atoms with van der Waals surface area (Å²) in [6.45, 7) is 0. The number of methoxy groups -OCH3 is 2. The largest absolute Gasteiger partial charge is 0.493 e. The lowest BCUT2D eigenvalue weighted by Gasteiger charge is -2.12. The SMILES string of the molecule is COc1ccc([N+](=O)[O-])cc1Oc1ncnc(N)c1OC. The molecule has 0 aliphatic rings. The number of hydrogen-bond donors (Lipinski definition) is 1. The number of non-ortho nitro benzene ring substituents is 1. The maximum Gasteiger partial charge on any atom is 0.273 e.